The zero-order valence-corrected chi connectivity index (χ0v) is 11.7. The Hall–Kier alpha value is -0.380. The number of thiophene rings is 1. The number of nitrogens with one attached hydrogen (secondary N) is 1. The standard InChI is InChI=1S/C14H23NOS/c1-3-15-14(13-8-10-17-11(13)2)7-6-12-5-4-9-16-12/h8,10,12,14-15H,3-7,9H2,1-2H3. The number of hydrogen-bond donors (Lipinski definition) is 1. The molecule has 17 heavy (non-hydrogen) atoms. The van der Waals surface area contributed by atoms with Crippen LogP contribution in [0.5, 0.6) is 0 Å². The fraction of sp³-hybridized carbons (Fsp3) is 0.714. The molecule has 1 aromatic heterocycles. The quantitative estimate of drug-likeness (QED) is 0.835. The van der Waals surface area contributed by atoms with Crippen molar-refractivity contribution in [2.24, 2.45) is 0 Å². The Balaban J connectivity index is 1.90. The molecule has 2 atom stereocenters. The van der Waals surface area contributed by atoms with E-state index in [0.717, 1.165) is 13.2 Å². The van der Waals surface area contributed by atoms with Crippen molar-refractivity contribution < 1.29 is 4.74 Å². The minimum atomic E-state index is 0.509. The van der Waals surface area contributed by atoms with Crippen LogP contribution in [0.2, 0.25) is 0 Å². The summed E-state index contributed by atoms with van der Waals surface area (Å²) in [5, 5.41) is 5.80. The summed E-state index contributed by atoms with van der Waals surface area (Å²) >= 11 is 1.85. The molecule has 96 valence electrons. The summed E-state index contributed by atoms with van der Waals surface area (Å²) in [7, 11) is 0. The summed E-state index contributed by atoms with van der Waals surface area (Å²) < 4.78 is 5.70. The Bertz CT molecular complexity index is 331. The minimum absolute atomic E-state index is 0.509. The van der Waals surface area contributed by atoms with Gasteiger partial charge in [-0.05, 0) is 56.2 Å². The van der Waals surface area contributed by atoms with Gasteiger partial charge in [0.1, 0.15) is 0 Å². The van der Waals surface area contributed by atoms with Crippen LogP contribution in [0.4, 0.5) is 0 Å². The van der Waals surface area contributed by atoms with Crippen molar-refractivity contribution >= 4 is 11.3 Å². The van der Waals surface area contributed by atoms with Gasteiger partial charge in [0.15, 0.2) is 0 Å². The molecular formula is C14H23NOS. The fourth-order valence-corrected chi connectivity index (χ4v) is 3.36. The molecule has 2 heterocycles. The first-order valence-corrected chi connectivity index (χ1v) is 7.58. The first-order chi connectivity index (χ1) is 8.31. The van der Waals surface area contributed by atoms with E-state index in [4.69, 9.17) is 4.74 Å². The predicted octanol–water partition coefficient (Wildman–Crippen LogP) is 3.67. The van der Waals surface area contributed by atoms with E-state index < -0.39 is 0 Å². The second-order valence-electron chi connectivity index (χ2n) is 4.75. The lowest BCUT2D eigenvalue weighted by molar-refractivity contribution is 0.0996. The molecule has 3 heteroatoms. The fourth-order valence-electron chi connectivity index (χ4n) is 2.59. The van der Waals surface area contributed by atoms with E-state index in [1.54, 1.807) is 0 Å². The van der Waals surface area contributed by atoms with Gasteiger partial charge in [-0.3, -0.25) is 0 Å². The Labute approximate surface area is 108 Å². The average molecular weight is 253 g/mol. The van der Waals surface area contributed by atoms with Gasteiger partial charge in [-0.2, -0.15) is 0 Å². The second-order valence-corrected chi connectivity index (χ2v) is 5.88. The third kappa shape index (κ3) is 3.54. The molecular weight excluding hydrogens is 230 g/mol. The summed E-state index contributed by atoms with van der Waals surface area (Å²) in [5.74, 6) is 0. The molecule has 0 bridgehead atoms. The Morgan fingerprint density at radius 1 is 1.59 bits per heavy atom. The number of rotatable bonds is 6. The molecule has 1 aliphatic heterocycles. The van der Waals surface area contributed by atoms with Crippen molar-refractivity contribution in [3.05, 3.63) is 21.9 Å². The van der Waals surface area contributed by atoms with Crippen molar-refractivity contribution in [1.82, 2.24) is 5.32 Å². The Morgan fingerprint density at radius 2 is 2.47 bits per heavy atom. The highest BCUT2D eigenvalue weighted by atomic mass is 32.1. The Morgan fingerprint density at radius 3 is 3.06 bits per heavy atom. The summed E-state index contributed by atoms with van der Waals surface area (Å²) in [6, 6.07) is 2.78. The molecule has 0 aliphatic carbocycles. The lowest BCUT2D eigenvalue weighted by atomic mass is 10.00. The molecule has 1 aliphatic rings. The van der Waals surface area contributed by atoms with E-state index >= 15 is 0 Å². The second kappa shape index (κ2) is 6.53. The normalized spacial score (nSPS) is 21.9. The Kier molecular flexibility index (Phi) is 5.01. The topological polar surface area (TPSA) is 21.3 Å². The third-order valence-electron chi connectivity index (χ3n) is 3.53. The molecule has 2 nitrogen and oxygen atoms in total. The number of ether oxygens (including phenoxy) is 1. The van der Waals surface area contributed by atoms with Gasteiger partial charge in [-0.25, -0.2) is 0 Å². The third-order valence-corrected chi connectivity index (χ3v) is 4.39. The highest BCUT2D eigenvalue weighted by molar-refractivity contribution is 7.10. The monoisotopic (exact) mass is 253 g/mol. The zero-order valence-electron chi connectivity index (χ0n) is 10.9. The molecule has 1 saturated heterocycles. The van der Waals surface area contributed by atoms with Gasteiger partial charge in [-0.1, -0.05) is 6.92 Å². The average Bonchev–Trinajstić information content (AvgIpc) is 2.95. The minimum Gasteiger partial charge on any atom is -0.378 e. The summed E-state index contributed by atoms with van der Waals surface area (Å²) in [6.07, 6.45) is 5.38. The smallest absolute Gasteiger partial charge is 0.0576 e. The summed E-state index contributed by atoms with van der Waals surface area (Å²) in [5.41, 5.74) is 1.48. The van der Waals surface area contributed by atoms with E-state index in [2.05, 4.69) is 30.6 Å². The molecule has 0 amide bonds. The van der Waals surface area contributed by atoms with Crippen molar-refractivity contribution in [3.63, 3.8) is 0 Å². The lowest BCUT2D eigenvalue weighted by Crippen LogP contribution is -2.22. The molecule has 0 radical (unpaired) electrons. The van der Waals surface area contributed by atoms with Crippen LogP contribution in [0.25, 0.3) is 0 Å². The van der Waals surface area contributed by atoms with Crippen LogP contribution in [0.15, 0.2) is 11.4 Å². The summed E-state index contributed by atoms with van der Waals surface area (Å²) in [6.45, 7) is 6.40. The predicted molar refractivity (Wildman–Crippen MR) is 73.7 cm³/mol. The largest absolute Gasteiger partial charge is 0.378 e. The van der Waals surface area contributed by atoms with Crippen LogP contribution < -0.4 is 5.32 Å². The molecule has 0 aromatic carbocycles. The maximum atomic E-state index is 5.70. The SMILES string of the molecule is CCNC(CCC1CCCO1)c1ccsc1C. The number of aryl methyl sites for hydroxylation is 1. The van der Waals surface area contributed by atoms with Crippen LogP contribution in [-0.2, 0) is 4.74 Å². The van der Waals surface area contributed by atoms with E-state index in [1.807, 2.05) is 11.3 Å². The van der Waals surface area contributed by atoms with Crippen LogP contribution in [-0.4, -0.2) is 19.3 Å². The highest BCUT2D eigenvalue weighted by Crippen LogP contribution is 2.28. The maximum absolute atomic E-state index is 5.70. The van der Waals surface area contributed by atoms with Gasteiger partial charge >= 0.3 is 0 Å². The van der Waals surface area contributed by atoms with Crippen LogP contribution in [0, 0.1) is 6.92 Å². The van der Waals surface area contributed by atoms with Gasteiger partial charge in [0.2, 0.25) is 0 Å². The molecule has 1 N–H and O–H groups in total. The van der Waals surface area contributed by atoms with Gasteiger partial charge in [0.25, 0.3) is 0 Å². The van der Waals surface area contributed by atoms with Crippen LogP contribution >= 0.6 is 11.3 Å². The van der Waals surface area contributed by atoms with Crippen LogP contribution in [0.3, 0.4) is 0 Å². The molecule has 1 fully saturated rings. The van der Waals surface area contributed by atoms with Crippen molar-refractivity contribution in [3.8, 4) is 0 Å². The van der Waals surface area contributed by atoms with E-state index in [0.29, 0.717) is 12.1 Å². The highest BCUT2D eigenvalue weighted by Gasteiger charge is 2.19. The van der Waals surface area contributed by atoms with E-state index in [-0.39, 0.29) is 0 Å². The lowest BCUT2D eigenvalue weighted by Gasteiger charge is -2.20. The molecule has 0 saturated carbocycles. The van der Waals surface area contributed by atoms with Crippen molar-refractivity contribution in [1.29, 1.82) is 0 Å². The van der Waals surface area contributed by atoms with E-state index in [1.165, 1.54) is 36.1 Å². The number of hydrogen-bond acceptors (Lipinski definition) is 3. The molecule has 0 spiro atoms. The van der Waals surface area contributed by atoms with E-state index in [9.17, 15) is 0 Å². The summed E-state index contributed by atoms with van der Waals surface area (Å²) in [4.78, 5) is 1.45. The van der Waals surface area contributed by atoms with Gasteiger partial charge < -0.3 is 10.1 Å². The maximum Gasteiger partial charge on any atom is 0.0576 e. The van der Waals surface area contributed by atoms with Gasteiger partial charge in [-0.15, -0.1) is 11.3 Å². The van der Waals surface area contributed by atoms with Gasteiger partial charge in [0, 0.05) is 17.5 Å². The van der Waals surface area contributed by atoms with Crippen molar-refractivity contribution in [2.75, 3.05) is 13.2 Å². The van der Waals surface area contributed by atoms with Gasteiger partial charge in [0.05, 0.1) is 6.10 Å². The van der Waals surface area contributed by atoms with Crippen LogP contribution in [0.1, 0.15) is 49.1 Å². The zero-order chi connectivity index (χ0) is 12.1. The first kappa shape index (κ1) is 13.1. The molecule has 2 rings (SSSR count). The first-order valence-electron chi connectivity index (χ1n) is 6.70. The van der Waals surface area contributed by atoms with Crippen molar-refractivity contribution in [2.45, 2.75) is 51.7 Å². The molecule has 2 unspecified atom stereocenters. The molecule has 1 aromatic rings.